The number of imidazole rings is 1. The summed E-state index contributed by atoms with van der Waals surface area (Å²) >= 11 is 0. The first-order valence-corrected chi connectivity index (χ1v) is 9.38. The minimum atomic E-state index is -0.643. The second-order valence-electron chi connectivity index (χ2n) is 7.49. The van der Waals surface area contributed by atoms with Gasteiger partial charge < -0.3 is 15.5 Å². The Kier molecular flexibility index (Phi) is 5.61. The monoisotopic (exact) mass is 402 g/mol. The molecule has 3 rings (SSSR count). The van der Waals surface area contributed by atoms with Gasteiger partial charge in [-0.25, -0.2) is 14.8 Å². The maximum Gasteiger partial charge on any atom is 0.416 e. The van der Waals surface area contributed by atoms with Crippen LogP contribution in [0.15, 0.2) is 30.6 Å². The fourth-order valence-corrected chi connectivity index (χ4v) is 2.77. The fourth-order valence-electron chi connectivity index (χ4n) is 2.77. The van der Waals surface area contributed by atoms with E-state index in [4.69, 9.17) is 15.7 Å². The zero-order chi connectivity index (χ0) is 21.9. The number of anilines is 2. The number of nitrogens with two attached hydrogens (primary N) is 1. The van der Waals surface area contributed by atoms with Gasteiger partial charge in [-0.05, 0) is 52.0 Å². The average molecular weight is 402 g/mol. The summed E-state index contributed by atoms with van der Waals surface area (Å²) < 4.78 is 5.49. The fraction of sp³-hybridized carbons (Fsp3) is 0.273. The van der Waals surface area contributed by atoms with Crippen molar-refractivity contribution in [2.75, 3.05) is 17.2 Å². The lowest BCUT2D eigenvalue weighted by Gasteiger charge is -2.26. The number of aromatic amines is 1. The number of benzene rings is 1. The van der Waals surface area contributed by atoms with E-state index < -0.39 is 11.7 Å². The van der Waals surface area contributed by atoms with Gasteiger partial charge in [0.2, 0.25) is 0 Å². The number of hydrogen-bond acceptors (Lipinski definition) is 6. The highest BCUT2D eigenvalue weighted by Crippen LogP contribution is 2.29. The van der Waals surface area contributed by atoms with E-state index in [2.05, 4.69) is 32.9 Å². The van der Waals surface area contributed by atoms with E-state index in [9.17, 15) is 4.79 Å². The van der Waals surface area contributed by atoms with E-state index in [1.165, 1.54) is 11.2 Å². The molecule has 1 amide bonds. The number of H-pyrrole nitrogens is 1. The van der Waals surface area contributed by atoms with Gasteiger partial charge in [0, 0.05) is 12.1 Å². The van der Waals surface area contributed by atoms with Crippen molar-refractivity contribution in [2.24, 2.45) is 0 Å². The highest BCUT2D eigenvalue weighted by molar-refractivity contribution is 6.00. The molecule has 2 aromatic heterocycles. The van der Waals surface area contributed by atoms with Gasteiger partial charge in [-0.1, -0.05) is 11.8 Å². The summed E-state index contributed by atoms with van der Waals surface area (Å²) in [7, 11) is 0. The highest BCUT2D eigenvalue weighted by atomic mass is 16.6. The number of nitrogens with zero attached hydrogens (tertiary/aromatic N) is 4. The van der Waals surface area contributed by atoms with Crippen molar-refractivity contribution in [3.8, 4) is 17.9 Å². The molecule has 0 saturated heterocycles. The van der Waals surface area contributed by atoms with Crippen LogP contribution < -0.4 is 10.6 Å². The summed E-state index contributed by atoms with van der Waals surface area (Å²) in [6.07, 6.45) is 0.981. The number of amides is 1. The summed E-state index contributed by atoms with van der Waals surface area (Å²) in [6, 6.07) is 8.97. The molecule has 30 heavy (non-hydrogen) atoms. The first-order chi connectivity index (χ1) is 14.2. The number of carbonyl (C=O) groups excluding carboxylic acids is 1. The predicted octanol–water partition coefficient (Wildman–Crippen LogP) is 3.57. The maximum absolute atomic E-state index is 12.7. The Balaban J connectivity index is 2.04. The van der Waals surface area contributed by atoms with E-state index in [0.717, 1.165) is 5.56 Å². The number of nitrogen functional groups attached to an aromatic ring is 1. The predicted molar refractivity (Wildman–Crippen MR) is 115 cm³/mol. The largest absolute Gasteiger partial charge is 0.443 e. The third kappa shape index (κ3) is 4.34. The molecule has 3 aromatic rings. The number of fused-ring (bicyclic) bond motifs is 1. The molecule has 8 nitrogen and oxygen atoms in total. The van der Waals surface area contributed by atoms with Gasteiger partial charge in [0.15, 0.2) is 5.82 Å². The van der Waals surface area contributed by atoms with Crippen LogP contribution in [0.5, 0.6) is 0 Å². The lowest BCUT2D eigenvalue weighted by atomic mass is 10.1. The Morgan fingerprint density at radius 1 is 1.23 bits per heavy atom. The Morgan fingerprint density at radius 3 is 2.50 bits per heavy atom. The Labute approximate surface area is 174 Å². The Morgan fingerprint density at radius 2 is 1.90 bits per heavy atom. The van der Waals surface area contributed by atoms with Crippen LogP contribution >= 0.6 is 0 Å². The minimum absolute atomic E-state index is 0.160. The second kappa shape index (κ2) is 8.14. The van der Waals surface area contributed by atoms with Gasteiger partial charge in [-0.2, -0.15) is 5.26 Å². The molecule has 2 heterocycles. The van der Waals surface area contributed by atoms with Gasteiger partial charge in [-0.15, -0.1) is 0 Å². The third-order valence-corrected chi connectivity index (χ3v) is 4.11. The quantitative estimate of drug-likeness (QED) is 0.632. The molecule has 0 fully saturated rings. The number of hydrogen-bond donors (Lipinski definition) is 2. The van der Waals surface area contributed by atoms with Gasteiger partial charge in [0.05, 0.1) is 23.5 Å². The second-order valence-corrected chi connectivity index (χ2v) is 7.49. The lowest BCUT2D eigenvalue weighted by Crippen LogP contribution is -2.37. The third-order valence-electron chi connectivity index (χ3n) is 4.11. The van der Waals surface area contributed by atoms with Crippen LogP contribution in [0.4, 0.5) is 16.4 Å². The molecule has 0 aliphatic carbocycles. The van der Waals surface area contributed by atoms with E-state index in [1.807, 2.05) is 6.92 Å². The highest BCUT2D eigenvalue weighted by Gasteiger charge is 2.26. The number of rotatable bonds is 2. The van der Waals surface area contributed by atoms with Crippen molar-refractivity contribution >= 4 is 28.8 Å². The van der Waals surface area contributed by atoms with Crippen molar-refractivity contribution < 1.29 is 9.53 Å². The molecule has 1 aromatic carbocycles. The van der Waals surface area contributed by atoms with Crippen molar-refractivity contribution in [3.63, 3.8) is 0 Å². The first kappa shape index (κ1) is 20.7. The van der Waals surface area contributed by atoms with Crippen LogP contribution in [-0.2, 0) is 4.74 Å². The molecule has 0 saturated carbocycles. The van der Waals surface area contributed by atoms with Gasteiger partial charge in [0.25, 0.3) is 0 Å². The van der Waals surface area contributed by atoms with Crippen LogP contribution in [0.25, 0.3) is 11.0 Å². The van der Waals surface area contributed by atoms with E-state index >= 15 is 0 Å². The van der Waals surface area contributed by atoms with Crippen molar-refractivity contribution in [1.29, 1.82) is 5.26 Å². The standard InChI is InChI=1S/C22H22N6O2/c1-5-28(21(29)30-22(2,3)4)20-18-17(25-13-26-18)16(19(24)27-20)11-10-14-6-8-15(12-23)9-7-14/h6-9,13H,5H2,1-4H3,(H2,24,27)(H,25,26). The molecule has 0 aliphatic heterocycles. The van der Waals surface area contributed by atoms with Crippen molar-refractivity contribution in [3.05, 3.63) is 47.3 Å². The van der Waals surface area contributed by atoms with Crippen LogP contribution in [0, 0.1) is 23.2 Å². The topological polar surface area (TPSA) is 121 Å². The van der Waals surface area contributed by atoms with E-state index in [0.29, 0.717) is 34.5 Å². The maximum atomic E-state index is 12.7. The van der Waals surface area contributed by atoms with Gasteiger partial charge >= 0.3 is 6.09 Å². The van der Waals surface area contributed by atoms with Crippen LogP contribution in [-0.4, -0.2) is 33.2 Å². The minimum Gasteiger partial charge on any atom is -0.443 e. The van der Waals surface area contributed by atoms with E-state index in [-0.39, 0.29) is 5.82 Å². The molecule has 0 aliphatic rings. The average Bonchev–Trinajstić information content (AvgIpc) is 3.17. The molecule has 0 spiro atoms. The van der Waals surface area contributed by atoms with Crippen LogP contribution in [0.3, 0.4) is 0 Å². The Hall–Kier alpha value is -4.04. The Bertz CT molecular complexity index is 1190. The molecule has 0 atom stereocenters. The van der Waals surface area contributed by atoms with Crippen molar-refractivity contribution in [2.45, 2.75) is 33.3 Å². The number of nitrogens with one attached hydrogen (secondary N) is 1. The summed E-state index contributed by atoms with van der Waals surface area (Å²) in [5.41, 5.74) is 8.34. The van der Waals surface area contributed by atoms with Gasteiger partial charge in [-0.3, -0.25) is 4.90 Å². The molecular formula is C22H22N6O2. The molecule has 0 bridgehead atoms. The molecule has 0 radical (unpaired) electrons. The zero-order valence-electron chi connectivity index (χ0n) is 17.3. The lowest BCUT2D eigenvalue weighted by molar-refractivity contribution is 0.0581. The molecule has 152 valence electrons. The molecule has 8 heteroatoms. The number of nitriles is 1. The number of pyridine rings is 1. The first-order valence-electron chi connectivity index (χ1n) is 9.38. The number of carbonyl (C=O) groups is 1. The zero-order valence-corrected chi connectivity index (χ0v) is 17.3. The molecule has 3 N–H and O–H groups in total. The molecular weight excluding hydrogens is 380 g/mol. The van der Waals surface area contributed by atoms with Crippen LogP contribution in [0.2, 0.25) is 0 Å². The smallest absolute Gasteiger partial charge is 0.416 e. The SMILES string of the molecule is CCN(C(=O)OC(C)(C)C)c1nc(N)c(C#Cc2ccc(C#N)cc2)c2nc[nH]c12. The summed E-state index contributed by atoms with van der Waals surface area (Å²) in [6.45, 7) is 7.56. The van der Waals surface area contributed by atoms with Gasteiger partial charge in [0.1, 0.15) is 22.5 Å². The van der Waals surface area contributed by atoms with Crippen LogP contribution in [0.1, 0.15) is 44.4 Å². The molecule has 0 unspecified atom stereocenters. The number of aromatic nitrogens is 3. The normalized spacial score (nSPS) is 10.8. The van der Waals surface area contributed by atoms with E-state index in [1.54, 1.807) is 45.0 Å². The summed E-state index contributed by atoms with van der Waals surface area (Å²) in [5.74, 6) is 6.52. The number of ether oxygens (including phenoxy) is 1. The summed E-state index contributed by atoms with van der Waals surface area (Å²) in [5, 5.41) is 8.90. The van der Waals surface area contributed by atoms with Crippen molar-refractivity contribution in [1.82, 2.24) is 15.0 Å². The summed E-state index contributed by atoms with van der Waals surface area (Å²) in [4.78, 5) is 25.8.